The van der Waals surface area contributed by atoms with E-state index in [1.807, 2.05) is 0 Å². The van der Waals surface area contributed by atoms with Crippen LogP contribution in [0.2, 0.25) is 0 Å². The minimum Gasteiger partial charge on any atom is -0.477 e. The summed E-state index contributed by atoms with van der Waals surface area (Å²) in [4.78, 5) is 26.0. The van der Waals surface area contributed by atoms with E-state index >= 15 is 0 Å². The fourth-order valence-corrected chi connectivity index (χ4v) is 3.41. The summed E-state index contributed by atoms with van der Waals surface area (Å²) >= 11 is 0. The zero-order valence-corrected chi connectivity index (χ0v) is 16.0. The number of nitrogens with one attached hydrogen (secondary N) is 1. The second-order valence-corrected chi connectivity index (χ2v) is 6.81. The Bertz CT molecular complexity index is 990. The van der Waals surface area contributed by atoms with Gasteiger partial charge in [-0.05, 0) is 42.2 Å². The summed E-state index contributed by atoms with van der Waals surface area (Å²) in [6.45, 7) is 1.10. The number of methoxy groups -OCH3 is 1. The Labute approximate surface area is 167 Å². The van der Waals surface area contributed by atoms with Crippen molar-refractivity contribution in [2.75, 3.05) is 20.2 Å². The Kier molecular flexibility index (Phi) is 5.41. The maximum absolute atomic E-state index is 13.1. The lowest BCUT2D eigenvalue weighted by Crippen LogP contribution is -2.44. The van der Waals surface area contributed by atoms with E-state index in [4.69, 9.17) is 9.47 Å². The van der Waals surface area contributed by atoms with Crippen LogP contribution in [-0.4, -0.2) is 52.1 Å². The molecule has 0 saturated carbocycles. The van der Waals surface area contributed by atoms with Gasteiger partial charge in [-0.15, -0.1) is 0 Å². The molecule has 0 spiro atoms. The highest BCUT2D eigenvalue weighted by atomic mass is 19.1. The molecule has 1 saturated heterocycles. The first-order valence-corrected chi connectivity index (χ1v) is 9.39. The Morgan fingerprint density at radius 3 is 2.69 bits per heavy atom. The molecule has 150 valence electrons. The summed E-state index contributed by atoms with van der Waals surface area (Å²) in [5, 5.41) is 0. The van der Waals surface area contributed by atoms with E-state index in [2.05, 4.69) is 15.0 Å². The number of halogens is 1. The monoisotopic (exact) mass is 396 g/mol. The van der Waals surface area contributed by atoms with Crippen molar-refractivity contribution in [2.24, 2.45) is 0 Å². The van der Waals surface area contributed by atoms with Crippen molar-refractivity contribution in [3.8, 4) is 22.9 Å². The van der Waals surface area contributed by atoms with E-state index in [0.717, 1.165) is 24.0 Å². The lowest BCUT2D eigenvalue weighted by molar-refractivity contribution is 0.0515. The summed E-state index contributed by atoms with van der Waals surface area (Å²) in [5.74, 6) is 0.259. The van der Waals surface area contributed by atoms with Crippen LogP contribution in [-0.2, 0) is 0 Å². The number of rotatable bonds is 5. The minimum atomic E-state index is -0.292. The molecule has 1 amide bonds. The van der Waals surface area contributed by atoms with E-state index in [-0.39, 0.29) is 17.8 Å². The summed E-state index contributed by atoms with van der Waals surface area (Å²) in [5.41, 5.74) is 2.17. The van der Waals surface area contributed by atoms with Gasteiger partial charge >= 0.3 is 0 Å². The summed E-state index contributed by atoms with van der Waals surface area (Å²) in [6, 6.07) is 7.96. The fourth-order valence-electron chi connectivity index (χ4n) is 3.41. The molecule has 1 aliphatic heterocycles. The lowest BCUT2D eigenvalue weighted by atomic mass is 10.1. The molecule has 0 bridgehead atoms. The number of ether oxygens (including phenoxy) is 2. The molecule has 1 aromatic carbocycles. The molecule has 4 rings (SSSR count). The molecular formula is C21H21FN4O3. The highest BCUT2D eigenvalue weighted by Gasteiger charge is 2.27. The molecule has 1 aliphatic rings. The number of nitrogens with zero attached hydrogens (tertiary/aromatic N) is 3. The molecule has 1 atom stereocenters. The number of carbonyl (C=O) groups is 1. The van der Waals surface area contributed by atoms with E-state index in [9.17, 15) is 9.18 Å². The van der Waals surface area contributed by atoms with Gasteiger partial charge in [-0.3, -0.25) is 4.79 Å². The van der Waals surface area contributed by atoms with Gasteiger partial charge in [0, 0.05) is 25.1 Å². The highest BCUT2D eigenvalue weighted by Crippen LogP contribution is 2.25. The molecule has 0 radical (unpaired) electrons. The third-order valence-electron chi connectivity index (χ3n) is 4.86. The van der Waals surface area contributed by atoms with Crippen molar-refractivity contribution in [3.05, 3.63) is 60.4 Å². The number of H-pyrrole nitrogens is 1. The van der Waals surface area contributed by atoms with E-state index < -0.39 is 0 Å². The quantitative estimate of drug-likeness (QED) is 0.716. The average molecular weight is 396 g/mol. The topological polar surface area (TPSA) is 80.3 Å². The number of aromatic nitrogens is 3. The third kappa shape index (κ3) is 4.21. The molecule has 3 heterocycles. The van der Waals surface area contributed by atoms with Gasteiger partial charge in [0.15, 0.2) is 0 Å². The first-order valence-electron chi connectivity index (χ1n) is 9.39. The van der Waals surface area contributed by atoms with Crippen LogP contribution in [0.5, 0.6) is 11.8 Å². The first kappa shape index (κ1) is 18.9. The number of likely N-dealkylation sites (tertiary alicyclic amines) is 1. The minimum absolute atomic E-state index is 0.0993. The molecular weight excluding hydrogens is 375 g/mol. The molecule has 0 aliphatic carbocycles. The SMILES string of the molecule is COc1nccnc1OC1CCCN(C(=O)c2cc(-c3ccc(F)cc3)c[nH]2)C1. The van der Waals surface area contributed by atoms with Gasteiger partial charge in [0.25, 0.3) is 17.7 Å². The molecule has 2 aromatic heterocycles. The van der Waals surface area contributed by atoms with Crippen LogP contribution in [0.15, 0.2) is 48.9 Å². The standard InChI is InChI=1S/C21H21FN4O3/c1-28-19-20(24-9-8-23-19)29-17-3-2-10-26(13-17)21(27)18-11-15(12-25-18)14-4-6-16(22)7-5-14/h4-9,11-12,17,25H,2-3,10,13H2,1H3. The van der Waals surface area contributed by atoms with Crippen LogP contribution in [0.4, 0.5) is 4.39 Å². The Balaban J connectivity index is 1.44. The number of hydrogen-bond acceptors (Lipinski definition) is 5. The number of benzene rings is 1. The van der Waals surface area contributed by atoms with Crippen molar-refractivity contribution in [1.82, 2.24) is 19.9 Å². The Morgan fingerprint density at radius 1 is 1.17 bits per heavy atom. The smallest absolute Gasteiger partial charge is 0.278 e. The van der Waals surface area contributed by atoms with Crippen LogP contribution in [0.1, 0.15) is 23.3 Å². The molecule has 1 unspecified atom stereocenters. The Hall–Kier alpha value is -3.42. The molecule has 1 fully saturated rings. The first-order chi connectivity index (χ1) is 14.1. The van der Waals surface area contributed by atoms with Crippen molar-refractivity contribution in [1.29, 1.82) is 0 Å². The van der Waals surface area contributed by atoms with Crippen molar-refractivity contribution >= 4 is 5.91 Å². The van der Waals surface area contributed by atoms with Crippen molar-refractivity contribution in [2.45, 2.75) is 18.9 Å². The molecule has 3 aromatic rings. The molecule has 7 nitrogen and oxygen atoms in total. The van der Waals surface area contributed by atoms with Crippen molar-refractivity contribution in [3.63, 3.8) is 0 Å². The number of piperidine rings is 1. The maximum Gasteiger partial charge on any atom is 0.278 e. The predicted molar refractivity (Wildman–Crippen MR) is 104 cm³/mol. The van der Waals surface area contributed by atoms with Gasteiger partial charge in [-0.2, -0.15) is 0 Å². The average Bonchev–Trinajstić information content (AvgIpc) is 3.24. The zero-order chi connectivity index (χ0) is 20.2. The van der Waals surface area contributed by atoms with Crippen molar-refractivity contribution < 1.29 is 18.7 Å². The van der Waals surface area contributed by atoms with Gasteiger partial charge in [0.05, 0.1) is 13.7 Å². The fraction of sp³-hybridized carbons (Fsp3) is 0.286. The van der Waals surface area contributed by atoms with Gasteiger partial charge in [-0.1, -0.05) is 12.1 Å². The largest absolute Gasteiger partial charge is 0.477 e. The number of hydrogen-bond donors (Lipinski definition) is 1. The zero-order valence-electron chi connectivity index (χ0n) is 16.0. The third-order valence-corrected chi connectivity index (χ3v) is 4.86. The van der Waals surface area contributed by atoms with Crippen LogP contribution < -0.4 is 9.47 Å². The maximum atomic E-state index is 13.1. The highest BCUT2D eigenvalue weighted by molar-refractivity contribution is 5.94. The molecule has 29 heavy (non-hydrogen) atoms. The van der Waals surface area contributed by atoms with Gasteiger partial charge in [0.2, 0.25) is 0 Å². The van der Waals surface area contributed by atoms with Crippen LogP contribution in [0.25, 0.3) is 11.1 Å². The normalized spacial score (nSPS) is 16.5. The van der Waals surface area contributed by atoms with E-state index in [1.54, 1.807) is 35.5 Å². The number of carbonyl (C=O) groups excluding carboxylic acids is 1. The van der Waals surface area contributed by atoms with Gasteiger partial charge in [-0.25, -0.2) is 14.4 Å². The predicted octanol–water partition coefficient (Wildman–Crippen LogP) is 3.30. The van der Waals surface area contributed by atoms with E-state index in [0.29, 0.717) is 30.5 Å². The second-order valence-electron chi connectivity index (χ2n) is 6.81. The van der Waals surface area contributed by atoms with Gasteiger partial charge < -0.3 is 19.4 Å². The van der Waals surface area contributed by atoms with Crippen LogP contribution >= 0.6 is 0 Å². The number of aromatic amines is 1. The molecule has 8 heteroatoms. The van der Waals surface area contributed by atoms with Crippen LogP contribution in [0.3, 0.4) is 0 Å². The summed E-state index contributed by atoms with van der Waals surface area (Å²) < 4.78 is 24.2. The summed E-state index contributed by atoms with van der Waals surface area (Å²) in [7, 11) is 1.51. The van der Waals surface area contributed by atoms with Gasteiger partial charge in [0.1, 0.15) is 17.6 Å². The molecule has 1 N–H and O–H groups in total. The number of amides is 1. The summed E-state index contributed by atoms with van der Waals surface area (Å²) in [6.07, 6.45) is 6.28. The van der Waals surface area contributed by atoms with E-state index in [1.165, 1.54) is 25.4 Å². The van der Waals surface area contributed by atoms with Crippen LogP contribution in [0, 0.1) is 5.82 Å². The lowest BCUT2D eigenvalue weighted by Gasteiger charge is -2.32. The second kappa shape index (κ2) is 8.30. The Morgan fingerprint density at radius 2 is 1.93 bits per heavy atom.